The quantitative estimate of drug-likeness (QED) is 0.380. The van der Waals surface area contributed by atoms with E-state index in [9.17, 15) is 9.90 Å². The molecule has 210 valence electrons. The van der Waals surface area contributed by atoms with Gasteiger partial charge in [0.2, 0.25) is 0 Å². The molecule has 5 rings (SSSR count). The largest absolute Gasteiger partial charge is 0.494 e. The molecule has 1 amide bonds. The van der Waals surface area contributed by atoms with Crippen molar-refractivity contribution in [2.75, 3.05) is 13.2 Å². The second kappa shape index (κ2) is 10.4. The van der Waals surface area contributed by atoms with Gasteiger partial charge in [0, 0.05) is 18.9 Å². The third-order valence-corrected chi connectivity index (χ3v) is 11.9. The maximum atomic E-state index is 11.9. The molecule has 1 heterocycles. The molecule has 4 aliphatic carbocycles. The molecule has 5 aliphatic rings. The number of ether oxygens (including phenoxy) is 2. The summed E-state index contributed by atoms with van der Waals surface area (Å²) >= 11 is 0. The van der Waals surface area contributed by atoms with Gasteiger partial charge in [-0.05, 0) is 117 Å². The van der Waals surface area contributed by atoms with Crippen LogP contribution in [0.4, 0.5) is 4.79 Å². The summed E-state index contributed by atoms with van der Waals surface area (Å²) in [6.45, 7) is 14.9. The summed E-state index contributed by atoms with van der Waals surface area (Å²) in [5.74, 6) is 5.73. The van der Waals surface area contributed by atoms with Crippen LogP contribution in [-0.2, 0) is 9.47 Å². The van der Waals surface area contributed by atoms with Gasteiger partial charge in [-0.1, -0.05) is 34.6 Å². The Kier molecular flexibility index (Phi) is 7.68. The predicted molar refractivity (Wildman–Crippen MR) is 147 cm³/mol. The van der Waals surface area contributed by atoms with Crippen molar-refractivity contribution in [3.63, 3.8) is 0 Å². The number of hydrogen-bond donors (Lipinski definition) is 2. The van der Waals surface area contributed by atoms with Crippen LogP contribution in [0.5, 0.6) is 0 Å². The summed E-state index contributed by atoms with van der Waals surface area (Å²) in [5.41, 5.74) is 2.32. The van der Waals surface area contributed by atoms with E-state index in [1.165, 1.54) is 49.9 Å². The summed E-state index contributed by atoms with van der Waals surface area (Å²) in [6.07, 6.45) is 11.8. The lowest BCUT2D eigenvalue weighted by Crippen LogP contribution is -2.54. The van der Waals surface area contributed by atoms with Crippen LogP contribution in [0, 0.1) is 52.3 Å². The lowest BCUT2D eigenvalue weighted by molar-refractivity contribution is -0.124. The molecule has 0 saturated heterocycles. The number of fused-ring (bicyclic) bond motifs is 7. The second-order valence-electron chi connectivity index (χ2n) is 14.6. The normalized spacial score (nSPS) is 43.4. The number of carbonyl (C=O) groups excluding carboxylic acids is 1. The number of rotatable bonds is 7. The Morgan fingerprint density at radius 2 is 1.84 bits per heavy atom. The zero-order chi connectivity index (χ0) is 26.5. The Morgan fingerprint density at radius 3 is 2.59 bits per heavy atom. The van der Waals surface area contributed by atoms with Crippen molar-refractivity contribution in [1.82, 2.24) is 5.32 Å². The number of amides is 1. The highest BCUT2D eigenvalue weighted by atomic mass is 16.5. The molecule has 0 aromatic rings. The molecule has 5 heteroatoms. The van der Waals surface area contributed by atoms with Gasteiger partial charge in [-0.15, -0.1) is 0 Å². The van der Waals surface area contributed by atoms with Gasteiger partial charge in [0.05, 0.1) is 18.5 Å². The molecule has 0 aromatic heterocycles. The summed E-state index contributed by atoms with van der Waals surface area (Å²) in [4.78, 5) is 11.9. The van der Waals surface area contributed by atoms with Gasteiger partial charge in [0.15, 0.2) is 0 Å². The van der Waals surface area contributed by atoms with Gasteiger partial charge in [-0.2, -0.15) is 0 Å². The van der Waals surface area contributed by atoms with Gasteiger partial charge in [0.1, 0.15) is 6.10 Å². The van der Waals surface area contributed by atoms with Crippen molar-refractivity contribution in [1.29, 1.82) is 0 Å². The van der Waals surface area contributed by atoms with Crippen molar-refractivity contribution in [3.05, 3.63) is 11.3 Å². The highest BCUT2D eigenvalue weighted by Crippen LogP contribution is 2.69. The first-order chi connectivity index (χ1) is 17.5. The molecule has 0 unspecified atom stereocenters. The Balaban J connectivity index is 1.19. The predicted octanol–water partition coefficient (Wildman–Crippen LogP) is 7.09. The molecular weight excluding hydrogens is 462 g/mol. The van der Waals surface area contributed by atoms with E-state index in [1.54, 1.807) is 0 Å². The highest BCUT2D eigenvalue weighted by Gasteiger charge is 2.64. The molecule has 37 heavy (non-hydrogen) atoms. The second-order valence-corrected chi connectivity index (χ2v) is 14.6. The number of aliphatic hydroxyl groups is 1. The van der Waals surface area contributed by atoms with E-state index < -0.39 is 0 Å². The van der Waals surface area contributed by atoms with Crippen molar-refractivity contribution in [2.45, 2.75) is 118 Å². The van der Waals surface area contributed by atoms with Gasteiger partial charge in [-0.25, -0.2) is 4.79 Å². The monoisotopic (exact) mass is 515 g/mol. The van der Waals surface area contributed by atoms with Crippen LogP contribution in [0.3, 0.4) is 0 Å². The number of alkyl carbamates (subject to hydrolysis) is 1. The molecule has 5 nitrogen and oxygen atoms in total. The van der Waals surface area contributed by atoms with Crippen LogP contribution in [0.15, 0.2) is 11.3 Å². The number of nitrogens with one attached hydrogen (secondary N) is 1. The van der Waals surface area contributed by atoms with Crippen LogP contribution >= 0.6 is 0 Å². The van der Waals surface area contributed by atoms with Gasteiger partial charge in [-0.3, -0.25) is 0 Å². The molecule has 4 saturated carbocycles. The van der Waals surface area contributed by atoms with E-state index in [4.69, 9.17) is 9.47 Å². The molecule has 0 aromatic carbocycles. The average molecular weight is 516 g/mol. The molecule has 1 aliphatic heterocycles. The van der Waals surface area contributed by atoms with Gasteiger partial charge < -0.3 is 19.9 Å². The number of aliphatic hydroxyl groups excluding tert-OH is 1. The summed E-state index contributed by atoms with van der Waals surface area (Å²) in [6, 6.07) is 0. The van der Waals surface area contributed by atoms with Crippen molar-refractivity contribution >= 4 is 6.09 Å². The number of allylic oxidation sites excluding steroid dienone is 1. The van der Waals surface area contributed by atoms with Gasteiger partial charge in [0.25, 0.3) is 0 Å². The van der Waals surface area contributed by atoms with E-state index in [0.717, 1.165) is 49.4 Å². The first-order valence-corrected chi connectivity index (χ1v) is 15.5. The number of carbonyl (C=O) groups is 1. The van der Waals surface area contributed by atoms with Crippen molar-refractivity contribution in [2.24, 2.45) is 52.3 Å². The zero-order valence-electron chi connectivity index (χ0n) is 24.4. The molecular formula is C32H53NO4. The standard InChI is InChI=1S/C32H53NO4/c1-19(2)18-36-30(35)33-17-20(3)7-10-27-21(4)29-28(37-27)16-26-24-9-8-22-15-23(34)11-13-31(22,5)25(24)12-14-32(26,29)6/h19-20,22-26,28-29,34H,7-18H2,1-6H3,(H,33,35)/t20-,22-,23-,24+,25-,26-,28-,29-,31-,32-/m0/s1. The minimum atomic E-state index is -0.301. The SMILES string of the molecule is CC1=C(CC[C@H](C)CNC(=O)OCC(C)C)O[C@H]2C[C@H]3[C@@H]4CC[C@H]5C[C@@H](O)CC[C@]5(C)[C@H]4CC[C@]3(C)[C@@H]12. The van der Waals surface area contributed by atoms with E-state index in [-0.39, 0.29) is 12.2 Å². The van der Waals surface area contributed by atoms with E-state index in [1.807, 2.05) is 13.8 Å². The fraction of sp³-hybridized carbons (Fsp3) is 0.906. The third-order valence-electron chi connectivity index (χ3n) is 11.9. The lowest BCUT2D eigenvalue weighted by Gasteiger charge is -2.60. The first-order valence-electron chi connectivity index (χ1n) is 15.5. The fourth-order valence-electron chi connectivity index (χ4n) is 9.85. The smallest absolute Gasteiger partial charge is 0.407 e. The minimum absolute atomic E-state index is 0.0638. The third kappa shape index (κ3) is 4.96. The fourth-order valence-corrected chi connectivity index (χ4v) is 9.85. The van der Waals surface area contributed by atoms with Crippen LogP contribution in [0.1, 0.15) is 106 Å². The highest BCUT2D eigenvalue weighted by molar-refractivity contribution is 5.67. The zero-order valence-corrected chi connectivity index (χ0v) is 24.4. The maximum Gasteiger partial charge on any atom is 0.407 e. The van der Waals surface area contributed by atoms with Crippen LogP contribution in [0.2, 0.25) is 0 Å². The van der Waals surface area contributed by atoms with E-state index in [0.29, 0.717) is 47.8 Å². The Labute approximate surface area is 225 Å². The maximum absolute atomic E-state index is 11.9. The summed E-state index contributed by atoms with van der Waals surface area (Å²) in [7, 11) is 0. The summed E-state index contributed by atoms with van der Waals surface area (Å²) in [5, 5.41) is 13.3. The molecule has 0 radical (unpaired) electrons. The Hall–Kier alpha value is -1.23. The summed E-state index contributed by atoms with van der Waals surface area (Å²) < 4.78 is 12.0. The average Bonchev–Trinajstić information content (AvgIpc) is 3.33. The van der Waals surface area contributed by atoms with Crippen LogP contribution in [0.25, 0.3) is 0 Å². The Morgan fingerprint density at radius 1 is 1.08 bits per heavy atom. The molecule has 0 spiro atoms. The van der Waals surface area contributed by atoms with E-state index >= 15 is 0 Å². The lowest BCUT2D eigenvalue weighted by atomic mass is 9.44. The first kappa shape index (κ1) is 27.3. The molecule has 4 fully saturated rings. The van der Waals surface area contributed by atoms with Crippen LogP contribution < -0.4 is 5.32 Å². The molecule has 0 bridgehead atoms. The van der Waals surface area contributed by atoms with E-state index in [2.05, 4.69) is 33.0 Å². The van der Waals surface area contributed by atoms with Gasteiger partial charge >= 0.3 is 6.09 Å². The minimum Gasteiger partial charge on any atom is -0.494 e. The number of hydrogen-bond acceptors (Lipinski definition) is 4. The van der Waals surface area contributed by atoms with Crippen molar-refractivity contribution in [3.8, 4) is 0 Å². The van der Waals surface area contributed by atoms with Crippen LogP contribution in [-0.4, -0.2) is 36.6 Å². The molecule has 2 N–H and O–H groups in total. The van der Waals surface area contributed by atoms with Crippen molar-refractivity contribution < 1.29 is 19.4 Å². The molecule has 10 atom stereocenters. The topological polar surface area (TPSA) is 67.8 Å². The Bertz CT molecular complexity index is 884.